The van der Waals surface area contributed by atoms with Gasteiger partial charge in [0.05, 0.1) is 4.92 Å². The Kier molecular flexibility index (Phi) is 11.2. The Morgan fingerprint density at radius 2 is 1.56 bits per heavy atom. The van der Waals surface area contributed by atoms with Crippen molar-refractivity contribution in [2.45, 2.75) is 6.42 Å². The SMILES string of the molecule is C=O.C=O.O=[N+]([O-])c1ccc(CCO)cc1. The molecule has 0 aliphatic rings. The molecule has 0 bridgehead atoms. The Morgan fingerprint density at radius 1 is 1.12 bits per heavy atom. The van der Waals surface area contributed by atoms with Gasteiger partial charge in [0.15, 0.2) is 0 Å². The lowest BCUT2D eigenvalue weighted by Gasteiger charge is -1.95. The summed E-state index contributed by atoms with van der Waals surface area (Å²) in [5.74, 6) is 0. The summed E-state index contributed by atoms with van der Waals surface area (Å²) < 4.78 is 0. The van der Waals surface area contributed by atoms with Crippen LogP contribution in [0.1, 0.15) is 5.56 Å². The third-order valence-corrected chi connectivity index (χ3v) is 1.55. The molecule has 0 heterocycles. The number of nitro groups is 1. The van der Waals surface area contributed by atoms with Gasteiger partial charge in [-0.05, 0) is 12.0 Å². The highest BCUT2D eigenvalue weighted by atomic mass is 16.6. The van der Waals surface area contributed by atoms with E-state index in [-0.39, 0.29) is 12.3 Å². The fraction of sp³-hybridized carbons (Fsp3) is 0.200. The number of hydrogen-bond donors (Lipinski definition) is 1. The van der Waals surface area contributed by atoms with Gasteiger partial charge in [0.25, 0.3) is 5.69 Å². The van der Waals surface area contributed by atoms with Crippen LogP contribution in [-0.4, -0.2) is 30.2 Å². The molecule has 88 valence electrons. The Hall–Kier alpha value is -2.08. The van der Waals surface area contributed by atoms with E-state index in [0.29, 0.717) is 6.42 Å². The molecule has 16 heavy (non-hydrogen) atoms. The molecule has 0 aromatic heterocycles. The van der Waals surface area contributed by atoms with Gasteiger partial charge in [-0.15, -0.1) is 0 Å². The predicted molar refractivity (Wildman–Crippen MR) is 58.1 cm³/mol. The molecule has 1 aromatic rings. The minimum absolute atomic E-state index is 0.0673. The quantitative estimate of drug-likeness (QED) is 0.607. The zero-order chi connectivity index (χ0) is 13.0. The second kappa shape index (κ2) is 11.0. The number of rotatable bonds is 3. The van der Waals surface area contributed by atoms with E-state index >= 15 is 0 Å². The molecule has 0 radical (unpaired) electrons. The van der Waals surface area contributed by atoms with Crippen LogP contribution in [0.5, 0.6) is 0 Å². The van der Waals surface area contributed by atoms with Crippen molar-refractivity contribution >= 4 is 19.3 Å². The molecule has 0 fully saturated rings. The monoisotopic (exact) mass is 227 g/mol. The maximum Gasteiger partial charge on any atom is 0.269 e. The van der Waals surface area contributed by atoms with Crippen LogP contribution in [0.15, 0.2) is 24.3 Å². The number of nitro benzene ring substituents is 1. The smallest absolute Gasteiger partial charge is 0.269 e. The molecule has 1 N–H and O–H groups in total. The Morgan fingerprint density at radius 3 is 1.88 bits per heavy atom. The molecular formula is C10H13NO5. The van der Waals surface area contributed by atoms with Crippen LogP contribution >= 0.6 is 0 Å². The summed E-state index contributed by atoms with van der Waals surface area (Å²) in [7, 11) is 0. The number of aliphatic hydroxyl groups is 1. The van der Waals surface area contributed by atoms with E-state index in [1.54, 1.807) is 12.1 Å². The number of carbonyl (C=O) groups is 2. The van der Waals surface area contributed by atoms with Gasteiger partial charge in [0.1, 0.15) is 13.6 Å². The second-order valence-electron chi connectivity index (χ2n) is 2.40. The predicted octanol–water partition coefficient (Wildman–Crippen LogP) is 0.760. The molecule has 0 amide bonds. The molecule has 0 spiro atoms. The van der Waals surface area contributed by atoms with E-state index in [4.69, 9.17) is 14.7 Å². The molecule has 0 unspecified atom stereocenters. The maximum atomic E-state index is 10.2. The largest absolute Gasteiger partial charge is 0.396 e. The van der Waals surface area contributed by atoms with Crippen LogP contribution < -0.4 is 0 Å². The van der Waals surface area contributed by atoms with Crippen molar-refractivity contribution in [3.63, 3.8) is 0 Å². The van der Waals surface area contributed by atoms with Crippen LogP contribution in [0.4, 0.5) is 5.69 Å². The van der Waals surface area contributed by atoms with E-state index in [0.717, 1.165) is 5.56 Å². The molecular weight excluding hydrogens is 214 g/mol. The summed E-state index contributed by atoms with van der Waals surface area (Å²) in [6.07, 6.45) is 0.540. The average molecular weight is 227 g/mol. The molecule has 0 aliphatic carbocycles. The van der Waals surface area contributed by atoms with Gasteiger partial charge in [-0.1, -0.05) is 12.1 Å². The fourth-order valence-corrected chi connectivity index (χ4v) is 0.913. The summed E-state index contributed by atoms with van der Waals surface area (Å²) in [6, 6.07) is 6.17. The van der Waals surface area contributed by atoms with Crippen molar-refractivity contribution in [3.8, 4) is 0 Å². The van der Waals surface area contributed by atoms with Crippen molar-refractivity contribution in [2.24, 2.45) is 0 Å². The Balaban J connectivity index is 0. The number of non-ortho nitro benzene ring substituents is 1. The van der Waals surface area contributed by atoms with Crippen molar-refractivity contribution in [3.05, 3.63) is 39.9 Å². The van der Waals surface area contributed by atoms with E-state index in [2.05, 4.69) is 0 Å². The average Bonchev–Trinajstić information content (AvgIpc) is 2.35. The van der Waals surface area contributed by atoms with Crippen LogP contribution in [0, 0.1) is 10.1 Å². The molecule has 0 saturated heterocycles. The summed E-state index contributed by atoms with van der Waals surface area (Å²) in [5.41, 5.74) is 0.986. The molecule has 6 nitrogen and oxygen atoms in total. The van der Waals surface area contributed by atoms with E-state index in [1.165, 1.54) is 12.1 Å². The van der Waals surface area contributed by atoms with Crippen LogP contribution in [-0.2, 0) is 16.0 Å². The third-order valence-electron chi connectivity index (χ3n) is 1.55. The van der Waals surface area contributed by atoms with Crippen LogP contribution in [0.2, 0.25) is 0 Å². The van der Waals surface area contributed by atoms with Gasteiger partial charge < -0.3 is 14.7 Å². The minimum atomic E-state index is -0.442. The molecule has 0 saturated carbocycles. The first kappa shape index (κ1) is 16.4. The van der Waals surface area contributed by atoms with Crippen molar-refractivity contribution in [1.82, 2.24) is 0 Å². The summed E-state index contributed by atoms with van der Waals surface area (Å²) >= 11 is 0. The van der Waals surface area contributed by atoms with Crippen LogP contribution in [0.25, 0.3) is 0 Å². The van der Waals surface area contributed by atoms with E-state index in [9.17, 15) is 10.1 Å². The van der Waals surface area contributed by atoms with Crippen molar-refractivity contribution in [2.75, 3.05) is 6.61 Å². The molecule has 1 aromatic carbocycles. The lowest BCUT2D eigenvalue weighted by Crippen LogP contribution is -1.91. The van der Waals surface area contributed by atoms with Gasteiger partial charge in [0.2, 0.25) is 0 Å². The van der Waals surface area contributed by atoms with Gasteiger partial charge in [-0.2, -0.15) is 0 Å². The molecule has 6 heteroatoms. The lowest BCUT2D eigenvalue weighted by atomic mass is 10.1. The first-order chi connectivity index (χ1) is 7.74. The molecule has 0 aliphatic heterocycles. The Bertz CT molecular complexity index is 297. The number of nitrogens with zero attached hydrogens (tertiary/aromatic N) is 1. The lowest BCUT2D eigenvalue weighted by molar-refractivity contribution is -0.384. The second-order valence-corrected chi connectivity index (χ2v) is 2.40. The van der Waals surface area contributed by atoms with E-state index in [1.807, 2.05) is 13.6 Å². The topological polar surface area (TPSA) is 97.5 Å². The first-order valence-corrected chi connectivity index (χ1v) is 4.16. The normalized spacial score (nSPS) is 7.81. The number of carbonyl (C=O) groups excluding carboxylic acids is 2. The van der Waals surface area contributed by atoms with Gasteiger partial charge >= 0.3 is 0 Å². The number of benzene rings is 1. The highest BCUT2D eigenvalue weighted by Gasteiger charge is 2.02. The van der Waals surface area contributed by atoms with Gasteiger partial charge in [-0.3, -0.25) is 10.1 Å². The van der Waals surface area contributed by atoms with Crippen molar-refractivity contribution in [1.29, 1.82) is 0 Å². The van der Waals surface area contributed by atoms with Crippen molar-refractivity contribution < 1.29 is 19.6 Å². The molecule has 0 atom stereocenters. The van der Waals surface area contributed by atoms with Gasteiger partial charge in [0, 0.05) is 18.7 Å². The summed E-state index contributed by atoms with van der Waals surface area (Å²) in [6.45, 7) is 4.07. The Labute approximate surface area is 92.7 Å². The fourth-order valence-electron chi connectivity index (χ4n) is 0.913. The zero-order valence-corrected chi connectivity index (χ0v) is 8.67. The molecule has 1 rings (SSSR count). The minimum Gasteiger partial charge on any atom is -0.396 e. The third kappa shape index (κ3) is 6.39. The van der Waals surface area contributed by atoms with E-state index < -0.39 is 4.92 Å². The number of hydrogen-bond acceptors (Lipinski definition) is 5. The standard InChI is InChI=1S/C8H9NO3.2CH2O/c10-6-5-7-1-3-8(4-2-7)9(11)12;2*1-2/h1-4,10H,5-6H2;2*1H2. The number of aliphatic hydroxyl groups excluding tert-OH is 1. The summed E-state index contributed by atoms with van der Waals surface area (Å²) in [4.78, 5) is 25.8. The highest BCUT2D eigenvalue weighted by Crippen LogP contribution is 2.11. The maximum absolute atomic E-state index is 10.2. The van der Waals surface area contributed by atoms with Crippen LogP contribution in [0.3, 0.4) is 0 Å². The highest BCUT2D eigenvalue weighted by molar-refractivity contribution is 5.32. The summed E-state index contributed by atoms with van der Waals surface area (Å²) in [5, 5.41) is 18.8. The first-order valence-electron chi connectivity index (χ1n) is 4.16. The van der Waals surface area contributed by atoms with Gasteiger partial charge in [-0.25, -0.2) is 0 Å². The zero-order valence-electron chi connectivity index (χ0n) is 8.67.